The van der Waals surface area contributed by atoms with Crippen LogP contribution in [0.4, 0.5) is 0 Å². The van der Waals surface area contributed by atoms with Crippen LogP contribution < -0.4 is 0 Å². The smallest absolute Gasteiger partial charge is 0.328 e. The van der Waals surface area contributed by atoms with Crippen LogP contribution in [0.15, 0.2) is 36.0 Å². The van der Waals surface area contributed by atoms with Gasteiger partial charge in [-0.05, 0) is 23.6 Å². The molecule has 21 heavy (non-hydrogen) atoms. The second-order valence-corrected chi connectivity index (χ2v) is 5.57. The first kappa shape index (κ1) is 13.8. The van der Waals surface area contributed by atoms with E-state index in [1.54, 1.807) is 0 Å². The van der Waals surface area contributed by atoms with Crippen LogP contribution in [-0.4, -0.2) is 52.3 Å². The van der Waals surface area contributed by atoms with Crippen molar-refractivity contribution in [1.29, 1.82) is 0 Å². The van der Waals surface area contributed by atoms with Crippen LogP contribution in [0, 0.1) is 0 Å². The van der Waals surface area contributed by atoms with Crippen molar-refractivity contribution in [3.63, 3.8) is 0 Å². The van der Waals surface area contributed by atoms with Crippen molar-refractivity contribution < 1.29 is 19.4 Å². The number of aromatic nitrogens is 1. The Bertz CT molecular complexity index is 650. The summed E-state index contributed by atoms with van der Waals surface area (Å²) in [4.78, 5) is 25.9. The highest BCUT2D eigenvalue weighted by Crippen LogP contribution is 2.24. The summed E-state index contributed by atoms with van der Waals surface area (Å²) in [7, 11) is 0. The van der Waals surface area contributed by atoms with E-state index in [4.69, 9.17) is 4.74 Å². The molecule has 7 heteroatoms. The average molecular weight is 306 g/mol. The van der Waals surface area contributed by atoms with Gasteiger partial charge in [0.15, 0.2) is 6.04 Å². The second-order valence-electron chi connectivity index (χ2n) is 4.65. The summed E-state index contributed by atoms with van der Waals surface area (Å²) in [5, 5.41) is 11.1. The van der Waals surface area contributed by atoms with Crippen molar-refractivity contribution in [3.05, 3.63) is 40.8 Å². The quantitative estimate of drug-likeness (QED) is 0.932. The van der Waals surface area contributed by atoms with E-state index in [-0.39, 0.29) is 12.5 Å². The number of carbonyl (C=O) groups excluding carboxylic acids is 1. The molecule has 1 atom stereocenters. The molecule has 0 aliphatic carbocycles. The zero-order chi connectivity index (χ0) is 14.8. The van der Waals surface area contributed by atoms with Gasteiger partial charge in [0, 0.05) is 18.9 Å². The minimum atomic E-state index is -1.04. The van der Waals surface area contributed by atoms with Crippen molar-refractivity contribution in [2.24, 2.45) is 0 Å². The summed E-state index contributed by atoms with van der Waals surface area (Å²) in [5.41, 5.74) is 0.769. The third kappa shape index (κ3) is 2.57. The predicted octanol–water partition coefficient (Wildman–Crippen LogP) is 1.46. The molecule has 0 saturated carbocycles. The topological polar surface area (TPSA) is 71.8 Å². The SMILES string of the molecule is O=C(O)C1COCCN1C(=O)c1sccc1-n1cccc1. The molecule has 2 aromatic rings. The molecule has 1 fully saturated rings. The van der Waals surface area contributed by atoms with Gasteiger partial charge in [0.05, 0.1) is 18.9 Å². The van der Waals surface area contributed by atoms with E-state index in [0.717, 1.165) is 5.69 Å². The van der Waals surface area contributed by atoms with Crippen molar-refractivity contribution in [2.75, 3.05) is 19.8 Å². The highest BCUT2D eigenvalue weighted by atomic mass is 32.1. The molecule has 0 spiro atoms. The Kier molecular flexibility index (Phi) is 3.76. The van der Waals surface area contributed by atoms with E-state index in [9.17, 15) is 14.7 Å². The van der Waals surface area contributed by atoms with E-state index in [1.165, 1.54) is 16.2 Å². The highest BCUT2D eigenvalue weighted by molar-refractivity contribution is 7.12. The zero-order valence-electron chi connectivity index (χ0n) is 11.1. The Morgan fingerprint density at radius 3 is 2.81 bits per heavy atom. The number of carboxylic acid groups (broad SMARTS) is 1. The maximum atomic E-state index is 12.7. The largest absolute Gasteiger partial charge is 0.480 e. The first-order valence-corrected chi connectivity index (χ1v) is 7.39. The molecule has 1 unspecified atom stereocenters. The van der Waals surface area contributed by atoms with E-state index in [1.807, 2.05) is 40.5 Å². The van der Waals surface area contributed by atoms with Gasteiger partial charge in [-0.1, -0.05) is 0 Å². The normalized spacial score (nSPS) is 18.7. The summed E-state index contributed by atoms with van der Waals surface area (Å²) < 4.78 is 7.01. The number of ether oxygens (including phenoxy) is 1. The third-order valence-corrected chi connectivity index (χ3v) is 4.29. The molecule has 3 heterocycles. The van der Waals surface area contributed by atoms with Crippen LogP contribution in [0.2, 0.25) is 0 Å². The monoisotopic (exact) mass is 306 g/mol. The first-order valence-electron chi connectivity index (χ1n) is 6.51. The molecule has 6 nitrogen and oxygen atoms in total. The molecule has 1 aliphatic rings. The van der Waals surface area contributed by atoms with Crippen molar-refractivity contribution >= 4 is 23.2 Å². The minimum absolute atomic E-state index is 0.0330. The molecule has 0 bridgehead atoms. The highest BCUT2D eigenvalue weighted by Gasteiger charge is 2.34. The van der Waals surface area contributed by atoms with Gasteiger partial charge in [-0.25, -0.2) is 4.79 Å². The summed E-state index contributed by atoms with van der Waals surface area (Å²) in [6.07, 6.45) is 3.71. The standard InChI is InChI=1S/C14H14N2O4S/c17-13(16-6-7-20-9-11(16)14(18)19)12-10(3-8-21-12)15-4-1-2-5-15/h1-5,8,11H,6-7,9H2,(H,18,19). The molecular formula is C14H14N2O4S. The van der Waals surface area contributed by atoms with Crippen LogP contribution in [0.25, 0.3) is 5.69 Å². The Morgan fingerprint density at radius 2 is 2.10 bits per heavy atom. The van der Waals surface area contributed by atoms with E-state index in [0.29, 0.717) is 18.0 Å². The van der Waals surface area contributed by atoms with Crippen LogP contribution in [-0.2, 0) is 9.53 Å². The number of aliphatic carboxylic acids is 1. The van der Waals surface area contributed by atoms with E-state index >= 15 is 0 Å². The number of thiophene rings is 1. The number of carbonyl (C=O) groups is 2. The van der Waals surface area contributed by atoms with Gasteiger partial charge in [0.25, 0.3) is 5.91 Å². The number of amides is 1. The summed E-state index contributed by atoms with van der Waals surface area (Å²) in [6.45, 7) is 0.684. The number of nitrogens with zero attached hydrogens (tertiary/aromatic N) is 2. The number of hydrogen-bond donors (Lipinski definition) is 1. The van der Waals surface area contributed by atoms with Gasteiger partial charge in [0.1, 0.15) is 4.88 Å². The van der Waals surface area contributed by atoms with Gasteiger partial charge >= 0.3 is 5.97 Å². The predicted molar refractivity (Wildman–Crippen MR) is 76.9 cm³/mol. The Labute approximate surface area is 125 Å². The summed E-state index contributed by atoms with van der Waals surface area (Å²) >= 11 is 1.32. The third-order valence-electron chi connectivity index (χ3n) is 3.40. The number of carboxylic acids is 1. The molecule has 3 rings (SSSR count). The Balaban J connectivity index is 1.92. The maximum absolute atomic E-state index is 12.7. The lowest BCUT2D eigenvalue weighted by Crippen LogP contribution is -2.52. The molecule has 1 aliphatic heterocycles. The lowest BCUT2D eigenvalue weighted by molar-refractivity contribution is -0.147. The fourth-order valence-corrected chi connectivity index (χ4v) is 3.19. The van der Waals surface area contributed by atoms with E-state index in [2.05, 4.69) is 0 Å². The van der Waals surface area contributed by atoms with Crippen LogP contribution in [0.5, 0.6) is 0 Å². The summed E-state index contributed by atoms with van der Waals surface area (Å²) in [5.74, 6) is -1.30. The number of hydrogen-bond acceptors (Lipinski definition) is 4. The summed E-state index contributed by atoms with van der Waals surface area (Å²) in [6, 6.07) is 4.68. The molecular weight excluding hydrogens is 292 g/mol. The molecule has 0 aromatic carbocycles. The lowest BCUT2D eigenvalue weighted by atomic mass is 10.2. The molecule has 2 aromatic heterocycles. The van der Waals surface area contributed by atoms with Crippen molar-refractivity contribution in [2.45, 2.75) is 6.04 Å². The maximum Gasteiger partial charge on any atom is 0.328 e. The van der Waals surface area contributed by atoms with Crippen LogP contribution in [0.1, 0.15) is 9.67 Å². The second kappa shape index (κ2) is 5.71. The minimum Gasteiger partial charge on any atom is -0.480 e. The van der Waals surface area contributed by atoms with Gasteiger partial charge in [-0.3, -0.25) is 4.79 Å². The van der Waals surface area contributed by atoms with Gasteiger partial charge in [0.2, 0.25) is 0 Å². The van der Waals surface area contributed by atoms with Crippen molar-refractivity contribution in [3.8, 4) is 5.69 Å². The van der Waals surface area contributed by atoms with Gasteiger partial charge in [-0.15, -0.1) is 11.3 Å². The fraction of sp³-hybridized carbons (Fsp3) is 0.286. The molecule has 110 valence electrons. The number of morpholine rings is 1. The van der Waals surface area contributed by atoms with Gasteiger partial charge < -0.3 is 19.3 Å². The van der Waals surface area contributed by atoms with Crippen molar-refractivity contribution in [1.82, 2.24) is 9.47 Å². The molecule has 0 radical (unpaired) electrons. The first-order chi connectivity index (χ1) is 10.2. The molecule has 1 amide bonds. The van der Waals surface area contributed by atoms with Crippen LogP contribution >= 0.6 is 11.3 Å². The van der Waals surface area contributed by atoms with E-state index < -0.39 is 12.0 Å². The Hall–Kier alpha value is -2.12. The van der Waals surface area contributed by atoms with Crippen LogP contribution in [0.3, 0.4) is 0 Å². The lowest BCUT2D eigenvalue weighted by Gasteiger charge is -2.32. The fourth-order valence-electron chi connectivity index (χ4n) is 2.34. The molecule has 1 saturated heterocycles. The van der Waals surface area contributed by atoms with Gasteiger partial charge in [-0.2, -0.15) is 0 Å². The molecule has 1 N–H and O–H groups in total. The zero-order valence-corrected chi connectivity index (χ0v) is 12.0. The Morgan fingerprint density at radius 1 is 1.33 bits per heavy atom. The number of rotatable bonds is 3. The average Bonchev–Trinajstić information content (AvgIpc) is 3.16.